The highest BCUT2D eigenvalue weighted by Crippen LogP contribution is 2.34. The number of halogens is 2. The number of esters is 1. The number of para-hydroxylation sites is 1. The molecular weight excluding hydrogens is 310 g/mol. The first-order valence-corrected chi connectivity index (χ1v) is 6.66. The van der Waals surface area contributed by atoms with E-state index in [4.69, 9.17) is 4.74 Å². The summed E-state index contributed by atoms with van der Waals surface area (Å²) >= 11 is 0. The van der Waals surface area contributed by atoms with Gasteiger partial charge in [0.2, 0.25) is 0 Å². The molecule has 122 valence electrons. The van der Waals surface area contributed by atoms with Gasteiger partial charge >= 0.3 is 11.9 Å². The van der Waals surface area contributed by atoms with E-state index >= 15 is 0 Å². The Bertz CT molecular complexity index is 653. The second-order valence-electron chi connectivity index (χ2n) is 4.61. The molecule has 0 aliphatic rings. The van der Waals surface area contributed by atoms with Crippen molar-refractivity contribution in [3.8, 4) is 17.2 Å². The Morgan fingerprint density at radius 1 is 1.00 bits per heavy atom. The minimum absolute atomic E-state index is 0.0862. The van der Waals surface area contributed by atoms with Crippen LogP contribution in [0.5, 0.6) is 17.2 Å². The third kappa shape index (κ3) is 4.32. The molecule has 0 spiro atoms. The molecule has 0 unspecified atom stereocenters. The topological polar surface area (TPSA) is 76.0 Å². The minimum Gasteiger partial charge on any atom is -0.508 e. The second kappa shape index (κ2) is 6.95. The number of hydrogen-bond acceptors (Lipinski definition) is 5. The molecule has 2 rings (SSSR count). The van der Waals surface area contributed by atoms with Gasteiger partial charge in [-0.05, 0) is 24.3 Å². The molecule has 0 aliphatic carbocycles. The summed E-state index contributed by atoms with van der Waals surface area (Å²) in [7, 11) is 0. The Kier molecular flexibility index (Phi) is 5.00. The van der Waals surface area contributed by atoms with Gasteiger partial charge in [0.05, 0.1) is 0 Å². The van der Waals surface area contributed by atoms with Crippen molar-refractivity contribution in [2.45, 2.75) is 5.92 Å². The summed E-state index contributed by atoms with van der Waals surface area (Å²) in [5, 5.41) is 18.4. The summed E-state index contributed by atoms with van der Waals surface area (Å²) < 4.78 is 37.5. The van der Waals surface area contributed by atoms with Crippen LogP contribution in [0.2, 0.25) is 0 Å². The van der Waals surface area contributed by atoms with Gasteiger partial charge in [0.1, 0.15) is 30.5 Å². The van der Waals surface area contributed by atoms with Gasteiger partial charge in [-0.25, -0.2) is 4.79 Å². The van der Waals surface area contributed by atoms with Crippen molar-refractivity contribution < 1.29 is 33.3 Å². The molecule has 0 amide bonds. The first-order chi connectivity index (χ1) is 10.9. The zero-order valence-electron chi connectivity index (χ0n) is 11.9. The van der Waals surface area contributed by atoms with Crippen molar-refractivity contribution in [3.05, 3.63) is 54.1 Å². The monoisotopic (exact) mass is 324 g/mol. The Labute approximate surface area is 130 Å². The Morgan fingerprint density at radius 2 is 1.61 bits per heavy atom. The summed E-state index contributed by atoms with van der Waals surface area (Å²) in [5.41, 5.74) is -0.857. The number of carbonyl (C=O) groups excluding carboxylic acids is 1. The molecule has 0 heterocycles. The minimum atomic E-state index is -4.00. The predicted octanol–water partition coefficient (Wildman–Crippen LogP) is 2.81. The number of carbonyl (C=O) groups is 1. The van der Waals surface area contributed by atoms with Gasteiger partial charge in [0, 0.05) is 11.6 Å². The summed E-state index contributed by atoms with van der Waals surface area (Å²) in [6.07, 6.45) is 0. The van der Waals surface area contributed by atoms with Crippen molar-refractivity contribution in [1.29, 1.82) is 0 Å². The quantitative estimate of drug-likeness (QED) is 0.631. The second-order valence-corrected chi connectivity index (χ2v) is 4.61. The molecule has 0 saturated carbocycles. The molecular formula is C16H14F2O5. The van der Waals surface area contributed by atoms with Crippen LogP contribution in [-0.4, -0.2) is 29.4 Å². The normalized spacial score (nSPS) is 11.0. The van der Waals surface area contributed by atoms with Crippen LogP contribution in [0.25, 0.3) is 0 Å². The van der Waals surface area contributed by atoms with Crippen LogP contribution < -0.4 is 4.74 Å². The lowest BCUT2D eigenvalue weighted by atomic mass is 10.1. The Hall–Kier alpha value is -2.83. The fourth-order valence-electron chi connectivity index (χ4n) is 1.80. The van der Waals surface area contributed by atoms with E-state index in [1.807, 2.05) is 0 Å². The van der Waals surface area contributed by atoms with E-state index in [1.54, 1.807) is 30.3 Å². The van der Waals surface area contributed by atoms with E-state index in [9.17, 15) is 23.8 Å². The fourth-order valence-corrected chi connectivity index (χ4v) is 1.80. The van der Waals surface area contributed by atoms with Gasteiger partial charge in [-0.3, -0.25) is 0 Å². The van der Waals surface area contributed by atoms with Crippen LogP contribution >= 0.6 is 0 Å². The first kappa shape index (κ1) is 16.5. The van der Waals surface area contributed by atoms with Crippen molar-refractivity contribution in [2.24, 2.45) is 0 Å². The van der Waals surface area contributed by atoms with Crippen LogP contribution in [0.4, 0.5) is 8.78 Å². The van der Waals surface area contributed by atoms with Crippen LogP contribution in [0.15, 0.2) is 48.5 Å². The molecule has 0 saturated heterocycles. The van der Waals surface area contributed by atoms with Crippen LogP contribution in [0.3, 0.4) is 0 Å². The molecule has 5 nitrogen and oxygen atoms in total. The van der Waals surface area contributed by atoms with Gasteiger partial charge < -0.3 is 19.7 Å². The maximum atomic E-state index is 13.9. The largest absolute Gasteiger partial charge is 0.508 e. The third-order valence-electron chi connectivity index (χ3n) is 2.85. The molecule has 0 fully saturated rings. The smallest absolute Gasteiger partial charge is 0.382 e. The van der Waals surface area contributed by atoms with E-state index < -0.39 is 29.0 Å². The molecule has 2 N–H and O–H groups in total. The standard InChI is InChI=1S/C16H14F2O5/c17-16(18,11-8-12(19)10-13(20)9-11)15(21)23-7-6-22-14-4-2-1-3-5-14/h1-5,8-10,19-20H,6-7H2. The number of hydrogen-bond donors (Lipinski definition) is 2. The molecule has 0 bridgehead atoms. The molecule has 0 aliphatic heterocycles. The lowest BCUT2D eigenvalue weighted by Gasteiger charge is -2.16. The van der Waals surface area contributed by atoms with Crippen molar-refractivity contribution in [2.75, 3.05) is 13.2 Å². The summed E-state index contributed by atoms with van der Waals surface area (Å²) in [6.45, 7) is -0.453. The van der Waals surface area contributed by atoms with Crippen molar-refractivity contribution in [3.63, 3.8) is 0 Å². The lowest BCUT2D eigenvalue weighted by Crippen LogP contribution is -2.29. The number of aromatic hydroxyl groups is 2. The van der Waals surface area contributed by atoms with Crippen LogP contribution in [-0.2, 0) is 15.5 Å². The van der Waals surface area contributed by atoms with Gasteiger partial charge in [0.15, 0.2) is 0 Å². The SMILES string of the molecule is O=C(OCCOc1ccccc1)C(F)(F)c1cc(O)cc(O)c1. The number of phenols is 2. The average molecular weight is 324 g/mol. The number of phenolic OH excluding ortho intramolecular Hbond substituents is 2. The fraction of sp³-hybridized carbons (Fsp3) is 0.188. The molecule has 2 aromatic carbocycles. The van der Waals surface area contributed by atoms with Gasteiger partial charge in [0.25, 0.3) is 0 Å². The van der Waals surface area contributed by atoms with Crippen molar-refractivity contribution >= 4 is 5.97 Å². The van der Waals surface area contributed by atoms with Gasteiger partial charge in [-0.1, -0.05) is 18.2 Å². The molecule has 0 aromatic heterocycles. The summed E-state index contributed by atoms with van der Waals surface area (Å²) in [5.74, 6) is -6.43. The van der Waals surface area contributed by atoms with Crippen LogP contribution in [0.1, 0.15) is 5.56 Å². The highest BCUT2D eigenvalue weighted by atomic mass is 19.3. The summed E-state index contributed by atoms with van der Waals surface area (Å²) in [4.78, 5) is 11.5. The predicted molar refractivity (Wildman–Crippen MR) is 76.6 cm³/mol. The van der Waals surface area contributed by atoms with E-state index in [-0.39, 0.29) is 13.2 Å². The molecule has 7 heteroatoms. The van der Waals surface area contributed by atoms with Gasteiger partial charge in [-0.15, -0.1) is 0 Å². The van der Waals surface area contributed by atoms with Crippen molar-refractivity contribution in [1.82, 2.24) is 0 Å². The van der Waals surface area contributed by atoms with Crippen LogP contribution in [0, 0.1) is 0 Å². The highest BCUT2D eigenvalue weighted by molar-refractivity contribution is 5.79. The van der Waals surface area contributed by atoms with E-state index in [2.05, 4.69) is 4.74 Å². The maximum absolute atomic E-state index is 13.9. The Balaban J connectivity index is 1.91. The Morgan fingerprint density at radius 3 is 2.22 bits per heavy atom. The molecule has 2 aromatic rings. The zero-order valence-corrected chi connectivity index (χ0v) is 11.9. The molecule has 23 heavy (non-hydrogen) atoms. The number of alkyl halides is 2. The maximum Gasteiger partial charge on any atom is 0.382 e. The zero-order chi connectivity index (χ0) is 16.9. The number of benzene rings is 2. The number of rotatable bonds is 6. The number of ether oxygens (including phenoxy) is 2. The molecule has 0 radical (unpaired) electrons. The van der Waals surface area contributed by atoms with E-state index in [1.165, 1.54) is 0 Å². The molecule has 0 atom stereocenters. The third-order valence-corrected chi connectivity index (χ3v) is 2.85. The van der Waals surface area contributed by atoms with E-state index in [0.29, 0.717) is 17.9 Å². The highest BCUT2D eigenvalue weighted by Gasteiger charge is 2.43. The summed E-state index contributed by atoms with van der Waals surface area (Å²) in [6, 6.07) is 10.9. The lowest BCUT2D eigenvalue weighted by molar-refractivity contribution is -0.174. The average Bonchev–Trinajstić information content (AvgIpc) is 2.51. The first-order valence-electron chi connectivity index (χ1n) is 6.66. The van der Waals surface area contributed by atoms with Gasteiger partial charge in [-0.2, -0.15) is 8.78 Å². The van der Waals surface area contributed by atoms with E-state index in [0.717, 1.165) is 6.07 Å².